The number of hydrogen-bond acceptors (Lipinski definition) is 4. The number of para-hydroxylation sites is 1. The molecule has 0 aliphatic carbocycles. The van der Waals surface area contributed by atoms with Crippen LogP contribution >= 0.6 is 11.3 Å². The standard InChI is InChI=1S/C17H19NO3S/c1-3-13-7-4-6-12(2)17(13)18-15(19)11-21-16(20)10-14-8-5-9-22-14/h4-9H,3,10-11H2,1-2H3,(H,18,19). The molecule has 1 N–H and O–H groups in total. The van der Waals surface area contributed by atoms with Crippen molar-refractivity contribution in [1.82, 2.24) is 0 Å². The zero-order chi connectivity index (χ0) is 15.9. The number of thiophene rings is 1. The van der Waals surface area contributed by atoms with Crippen LogP contribution in [0.3, 0.4) is 0 Å². The highest BCUT2D eigenvalue weighted by Crippen LogP contribution is 2.20. The Morgan fingerprint density at radius 1 is 1.23 bits per heavy atom. The van der Waals surface area contributed by atoms with Crippen LogP contribution in [0.4, 0.5) is 5.69 Å². The highest BCUT2D eigenvalue weighted by molar-refractivity contribution is 7.10. The Morgan fingerprint density at radius 3 is 2.73 bits per heavy atom. The molecule has 0 fully saturated rings. The fourth-order valence-electron chi connectivity index (χ4n) is 2.13. The molecule has 4 nitrogen and oxygen atoms in total. The van der Waals surface area contributed by atoms with Crippen LogP contribution in [0.15, 0.2) is 35.7 Å². The fourth-order valence-corrected chi connectivity index (χ4v) is 2.82. The Morgan fingerprint density at radius 2 is 2.05 bits per heavy atom. The summed E-state index contributed by atoms with van der Waals surface area (Å²) < 4.78 is 5.02. The van der Waals surface area contributed by atoms with Gasteiger partial charge in [0.25, 0.3) is 5.91 Å². The minimum absolute atomic E-state index is 0.204. The summed E-state index contributed by atoms with van der Waals surface area (Å²) >= 11 is 1.49. The third-order valence-electron chi connectivity index (χ3n) is 3.27. The molecule has 2 rings (SSSR count). The van der Waals surface area contributed by atoms with Crippen LogP contribution in [0.5, 0.6) is 0 Å². The molecule has 0 aliphatic heterocycles. The van der Waals surface area contributed by atoms with Gasteiger partial charge in [-0.25, -0.2) is 0 Å². The van der Waals surface area contributed by atoms with Gasteiger partial charge in [-0.1, -0.05) is 31.2 Å². The molecule has 1 amide bonds. The second kappa shape index (κ2) is 7.75. The number of rotatable bonds is 6. The topological polar surface area (TPSA) is 55.4 Å². The van der Waals surface area contributed by atoms with Crippen LogP contribution < -0.4 is 5.32 Å². The first kappa shape index (κ1) is 16.2. The summed E-state index contributed by atoms with van der Waals surface area (Å²) in [7, 11) is 0. The quantitative estimate of drug-likeness (QED) is 0.831. The lowest BCUT2D eigenvalue weighted by Crippen LogP contribution is -2.22. The molecule has 22 heavy (non-hydrogen) atoms. The van der Waals surface area contributed by atoms with Gasteiger partial charge in [-0.2, -0.15) is 0 Å². The van der Waals surface area contributed by atoms with E-state index in [4.69, 9.17) is 4.74 Å². The maximum Gasteiger partial charge on any atom is 0.311 e. The second-order valence-electron chi connectivity index (χ2n) is 4.93. The number of ether oxygens (including phenoxy) is 1. The van der Waals surface area contributed by atoms with Crippen molar-refractivity contribution in [3.8, 4) is 0 Å². The number of benzene rings is 1. The lowest BCUT2D eigenvalue weighted by Gasteiger charge is -2.13. The number of hydrogen-bond donors (Lipinski definition) is 1. The van der Waals surface area contributed by atoms with Crippen LogP contribution in [0.1, 0.15) is 22.9 Å². The van der Waals surface area contributed by atoms with Crippen molar-refractivity contribution in [2.45, 2.75) is 26.7 Å². The zero-order valence-electron chi connectivity index (χ0n) is 12.7. The Labute approximate surface area is 134 Å². The van der Waals surface area contributed by atoms with Gasteiger partial charge in [0, 0.05) is 10.6 Å². The maximum absolute atomic E-state index is 12.0. The number of carbonyl (C=O) groups is 2. The van der Waals surface area contributed by atoms with Crippen LogP contribution in [-0.4, -0.2) is 18.5 Å². The van der Waals surface area contributed by atoms with Crippen LogP contribution in [0.25, 0.3) is 0 Å². The van der Waals surface area contributed by atoms with Crippen molar-refractivity contribution in [2.75, 3.05) is 11.9 Å². The summed E-state index contributed by atoms with van der Waals surface area (Å²) in [4.78, 5) is 24.5. The molecule has 116 valence electrons. The number of carbonyl (C=O) groups excluding carboxylic acids is 2. The highest BCUT2D eigenvalue weighted by Gasteiger charge is 2.12. The molecule has 1 heterocycles. The van der Waals surface area contributed by atoms with Crippen molar-refractivity contribution in [3.05, 3.63) is 51.7 Å². The van der Waals surface area contributed by atoms with E-state index in [1.807, 2.05) is 49.6 Å². The van der Waals surface area contributed by atoms with Gasteiger partial charge in [0.2, 0.25) is 0 Å². The molecule has 0 saturated carbocycles. The van der Waals surface area contributed by atoms with E-state index in [0.717, 1.165) is 28.1 Å². The molecule has 0 bridgehead atoms. The van der Waals surface area contributed by atoms with Gasteiger partial charge in [-0.05, 0) is 35.9 Å². The smallest absolute Gasteiger partial charge is 0.311 e. The summed E-state index contributed by atoms with van der Waals surface area (Å²) in [5, 5.41) is 4.73. The van der Waals surface area contributed by atoms with Gasteiger partial charge in [-0.3, -0.25) is 9.59 Å². The van der Waals surface area contributed by atoms with Gasteiger partial charge in [0.1, 0.15) is 0 Å². The summed E-state index contributed by atoms with van der Waals surface area (Å²) in [6.45, 7) is 3.71. The summed E-state index contributed by atoms with van der Waals surface area (Å²) in [6, 6.07) is 9.63. The Balaban J connectivity index is 1.87. The van der Waals surface area contributed by atoms with E-state index >= 15 is 0 Å². The third kappa shape index (κ3) is 4.43. The Hall–Kier alpha value is -2.14. The first-order chi connectivity index (χ1) is 10.6. The largest absolute Gasteiger partial charge is 0.455 e. The fraction of sp³-hybridized carbons (Fsp3) is 0.294. The average molecular weight is 317 g/mol. The van der Waals surface area contributed by atoms with Crippen LogP contribution in [0, 0.1) is 6.92 Å². The first-order valence-corrected chi connectivity index (χ1v) is 8.04. The molecule has 0 radical (unpaired) electrons. The van der Waals surface area contributed by atoms with E-state index in [1.165, 1.54) is 11.3 Å². The Kier molecular flexibility index (Phi) is 5.72. The van der Waals surface area contributed by atoms with Crippen molar-refractivity contribution < 1.29 is 14.3 Å². The minimum Gasteiger partial charge on any atom is -0.455 e. The highest BCUT2D eigenvalue weighted by atomic mass is 32.1. The van der Waals surface area contributed by atoms with Gasteiger partial charge >= 0.3 is 5.97 Å². The first-order valence-electron chi connectivity index (χ1n) is 7.16. The number of aryl methyl sites for hydroxylation is 2. The van der Waals surface area contributed by atoms with E-state index in [2.05, 4.69) is 5.32 Å². The predicted octanol–water partition coefficient (Wildman–Crippen LogP) is 3.34. The number of esters is 1. The van der Waals surface area contributed by atoms with E-state index < -0.39 is 5.97 Å². The minimum atomic E-state index is -0.391. The van der Waals surface area contributed by atoms with E-state index in [1.54, 1.807) is 0 Å². The normalized spacial score (nSPS) is 10.3. The molecule has 0 saturated heterocycles. The number of amides is 1. The summed E-state index contributed by atoms with van der Waals surface area (Å²) in [6.07, 6.45) is 1.03. The van der Waals surface area contributed by atoms with Gasteiger partial charge in [-0.15, -0.1) is 11.3 Å². The molecular weight excluding hydrogens is 298 g/mol. The molecule has 0 spiro atoms. The van der Waals surface area contributed by atoms with Gasteiger partial charge in [0.05, 0.1) is 6.42 Å². The zero-order valence-corrected chi connectivity index (χ0v) is 13.5. The molecule has 5 heteroatoms. The van der Waals surface area contributed by atoms with E-state index in [0.29, 0.717) is 0 Å². The summed E-state index contributed by atoms with van der Waals surface area (Å²) in [5.74, 6) is -0.707. The Bertz CT molecular complexity index is 650. The average Bonchev–Trinajstić information content (AvgIpc) is 3.00. The van der Waals surface area contributed by atoms with Gasteiger partial charge < -0.3 is 10.1 Å². The van der Waals surface area contributed by atoms with Crippen molar-refractivity contribution >= 4 is 28.9 Å². The monoisotopic (exact) mass is 317 g/mol. The van der Waals surface area contributed by atoms with E-state index in [9.17, 15) is 9.59 Å². The molecular formula is C17H19NO3S. The summed E-state index contributed by atoms with van der Waals surface area (Å²) in [5.41, 5.74) is 2.88. The maximum atomic E-state index is 12.0. The molecule has 0 unspecified atom stereocenters. The molecule has 1 aromatic carbocycles. The SMILES string of the molecule is CCc1cccc(C)c1NC(=O)COC(=O)Cc1cccs1. The van der Waals surface area contributed by atoms with E-state index in [-0.39, 0.29) is 18.9 Å². The number of anilines is 1. The van der Waals surface area contributed by atoms with Gasteiger partial charge in [0.15, 0.2) is 6.61 Å². The molecule has 0 aliphatic rings. The van der Waals surface area contributed by atoms with Crippen LogP contribution in [0.2, 0.25) is 0 Å². The molecule has 1 aromatic heterocycles. The van der Waals surface area contributed by atoms with Crippen molar-refractivity contribution in [1.29, 1.82) is 0 Å². The second-order valence-corrected chi connectivity index (χ2v) is 5.96. The lowest BCUT2D eigenvalue weighted by atomic mass is 10.1. The number of nitrogens with one attached hydrogen (secondary N) is 1. The molecule has 0 atom stereocenters. The van der Waals surface area contributed by atoms with Crippen molar-refractivity contribution in [3.63, 3.8) is 0 Å². The predicted molar refractivity (Wildman–Crippen MR) is 88.2 cm³/mol. The van der Waals surface area contributed by atoms with Crippen molar-refractivity contribution in [2.24, 2.45) is 0 Å². The third-order valence-corrected chi connectivity index (χ3v) is 4.14. The molecule has 2 aromatic rings. The van der Waals surface area contributed by atoms with Crippen LogP contribution in [-0.2, 0) is 27.2 Å². The lowest BCUT2D eigenvalue weighted by molar-refractivity contribution is -0.146.